The molecule has 2 aliphatic rings. The number of hydrogen-bond acceptors (Lipinski definition) is 3. The molecule has 0 radical (unpaired) electrons. The van der Waals surface area contributed by atoms with Crippen LogP contribution in [0.2, 0.25) is 0 Å². The number of fused-ring (bicyclic) bond motifs is 2. The third-order valence-electron chi connectivity index (χ3n) is 4.42. The van der Waals surface area contributed by atoms with Gasteiger partial charge < -0.3 is 19.5 Å². The standard InChI is InChI=1S/C16H21NO4/c1-20-10-11-3-2-4-14(7-11)21-15-8-12-5-6-13(9-15)17(12)16(18)19/h2-4,7,12-13,15H,5-6,8-10H2,1H3,(H,18,19)/t12-,13+,15+. The van der Waals surface area contributed by atoms with Gasteiger partial charge >= 0.3 is 6.09 Å². The summed E-state index contributed by atoms with van der Waals surface area (Å²) in [4.78, 5) is 12.9. The Morgan fingerprint density at radius 2 is 2.05 bits per heavy atom. The summed E-state index contributed by atoms with van der Waals surface area (Å²) in [6, 6.07) is 8.15. The van der Waals surface area contributed by atoms with E-state index >= 15 is 0 Å². The van der Waals surface area contributed by atoms with Crippen LogP contribution in [0, 0.1) is 0 Å². The number of methoxy groups -OCH3 is 1. The Labute approximate surface area is 124 Å². The molecule has 5 nitrogen and oxygen atoms in total. The molecule has 1 amide bonds. The fraction of sp³-hybridized carbons (Fsp3) is 0.562. The van der Waals surface area contributed by atoms with E-state index in [-0.39, 0.29) is 18.2 Å². The summed E-state index contributed by atoms with van der Waals surface area (Å²) in [5, 5.41) is 9.26. The summed E-state index contributed by atoms with van der Waals surface area (Å²) in [5.41, 5.74) is 1.08. The molecule has 0 unspecified atom stereocenters. The van der Waals surface area contributed by atoms with Crippen molar-refractivity contribution >= 4 is 6.09 Å². The van der Waals surface area contributed by atoms with Crippen molar-refractivity contribution in [3.05, 3.63) is 29.8 Å². The average Bonchev–Trinajstić information content (AvgIpc) is 2.72. The highest BCUT2D eigenvalue weighted by Crippen LogP contribution is 2.37. The SMILES string of the molecule is COCc1cccc(O[C@H]2C[C@H]3CC[C@@H](C2)N3C(=O)O)c1. The van der Waals surface area contributed by atoms with Crippen molar-refractivity contribution in [2.75, 3.05) is 7.11 Å². The molecule has 2 saturated heterocycles. The first-order valence-corrected chi connectivity index (χ1v) is 7.43. The monoisotopic (exact) mass is 291 g/mol. The summed E-state index contributed by atoms with van der Waals surface area (Å²) in [6.07, 6.45) is 2.81. The molecule has 0 aliphatic carbocycles. The Balaban J connectivity index is 1.65. The van der Waals surface area contributed by atoms with Crippen molar-refractivity contribution in [1.29, 1.82) is 0 Å². The van der Waals surface area contributed by atoms with E-state index in [0.29, 0.717) is 6.61 Å². The van der Waals surface area contributed by atoms with Crippen molar-refractivity contribution in [1.82, 2.24) is 4.90 Å². The van der Waals surface area contributed by atoms with Crippen LogP contribution in [0.1, 0.15) is 31.2 Å². The smallest absolute Gasteiger partial charge is 0.407 e. The second kappa shape index (κ2) is 5.93. The zero-order valence-corrected chi connectivity index (χ0v) is 12.2. The molecule has 3 rings (SSSR count). The molecule has 0 spiro atoms. The van der Waals surface area contributed by atoms with Gasteiger partial charge in [-0.3, -0.25) is 0 Å². The maximum atomic E-state index is 11.3. The summed E-state index contributed by atoms with van der Waals surface area (Å²) in [5.74, 6) is 0.845. The van der Waals surface area contributed by atoms with E-state index in [4.69, 9.17) is 9.47 Å². The number of carbonyl (C=O) groups is 1. The molecule has 0 aromatic heterocycles. The quantitative estimate of drug-likeness (QED) is 0.926. The molecule has 114 valence electrons. The Hall–Kier alpha value is -1.75. The molecule has 1 aromatic carbocycles. The minimum atomic E-state index is -0.789. The largest absolute Gasteiger partial charge is 0.490 e. The minimum absolute atomic E-state index is 0.107. The van der Waals surface area contributed by atoms with E-state index in [9.17, 15) is 9.90 Å². The maximum Gasteiger partial charge on any atom is 0.407 e. The third kappa shape index (κ3) is 2.97. The number of benzene rings is 1. The first-order valence-electron chi connectivity index (χ1n) is 7.43. The maximum absolute atomic E-state index is 11.3. The lowest BCUT2D eigenvalue weighted by molar-refractivity contribution is 0.0495. The van der Waals surface area contributed by atoms with E-state index in [1.54, 1.807) is 12.0 Å². The van der Waals surface area contributed by atoms with Gasteiger partial charge in [0, 0.05) is 32.0 Å². The Kier molecular flexibility index (Phi) is 4.01. The number of hydrogen-bond donors (Lipinski definition) is 1. The average molecular weight is 291 g/mol. The van der Waals surface area contributed by atoms with Gasteiger partial charge in [0.15, 0.2) is 0 Å². The summed E-state index contributed by atoms with van der Waals surface area (Å²) < 4.78 is 11.2. The zero-order valence-electron chi connectivity index (χ0n) is 12.2. The van der Waals surface area contributed by atoms with Gasteiger partial charge in [0.2, 0.25) is 0 Å². The van der Waals surface area contributed by atoms with Crippen LogP contribution in [0.4, 0.5) is 4.79 Å². The second-order valence-electron chi connectivity index (χ2n) is 5.87. The van der Waals surface area contributed by atoms with Crippen LogP contribution < -0.4 is 4.74 Å². The Bertz CT molecular complexity index is 505. The predicted octanol–water partition coefficient (Wildman–Crippen LogP) is 2.89. The van der Waals surface area contributed by atoms with E-state index in [1.165, 1.54) is 0 Å². The van der Waals surface area contributed by atoms with E-state index in [2.05, 4.69) is 0 Å². The topological polar surface area (TPSA) is 59.0 Å². The van der Waals surface area contributed by atoms with Gasteiger partial charge in [-0.1, -0.05) is 12.1 Å². The van der Waals surface area contributed by atoms with Crippen molar-refractivity contribution in [2.24, 2.45) is 0 Å². The molecule has 5 heteroatoms. The molecule has 1 aromatic rings. The molecule has 2 heterocycles. The predicted molar refractivity (Wildman–Crippen MR) is 77.5 cm³/mol. The number of ether oxygens (including phenoxy) is 2. The van der Waals surface area contributed by atoms with Gasteiger partial charge in [-0.2, -0.15) is 0 Å². The van der Waals surface area contributed by atoms with Gasteiger partial charge in [0.25, 0.3) is 0 Å². The fourth-order valence-electron chi connectivity index (χ4n) is 3.60. The lowest BCUT2D eigenvalue weighted by Gasteiger charge is -2.37. The fourth-order valence-corrected chi connectivity index (χ4v) is 3.60. The number of rotatable bonds is 4. The molecule has 2 bridgehead atoms. The molecule has 21 heavy (non-hydrogen) atoms. The van der Waals surface area contributed by atoms with Crippen molar-refractivity contribution < 1.29 is 19.4 Å². The lowest BCUT2D eigenvalue weighted by Crippen LogP contribution is -2.48. The third-order valence-corrected chi connectivity index (χ3v) is 4.42. The first kappa shape index (κ1) is 14.2. The van der Waals surface area contributed by atoms with Gasteiger partial charge in [0.05, 0.1) is 6.61 Å². The summed E-state index contributed by atoms with van der Waals surface area (Å²) in [7, 11) is 1.67. The summed E-state index contributed by atoms with van der Waals surface area (Å²) >= 11 is 0. The normalized spacial score (nSPS) is 27.7. The number of amides is 1. The number of carboxylic acid groups (broad SMARTS) is 1. The highest BCUT2D eigenvalue weighted by Gasteiger charge is 2.44. The minimum Gasteiger partial charge on any atom is -0.490 e. The molecule has 2 aliphatic heterocycles. The zero-order chi connectivity index (χ0) is 14.8. The first-order chi connectivity index (χ1) is 10.2. The molecule has 3 atom stereocenters. The lowest BCUT2D eigenvalue weighted by atomic mass is 10.00. The number of nitrogens with zero attached hydrogens (tertiary/aromatic N) is 1. The summed E-state index contributed by atoms with van der Waals surface area (Å²) in [6.45, 7) is 0.569. The highest BCUT2D eigenvalue weighted by molar-refractivity contribution is 5.66. The molecular formula is C16H21NO4. The van der Waals surface area contributed by atoms with Gasteiger partial charge in [0.1, 0.15) is 11.9 Å². The van der Waals surface area contributed by atoms with E-state index in [0.717, 1.165) is 37.0 Å². The van der Waals surface area contributed by atoms with Gasteiger partial charge in [-0.05, 0) is 30.5 Å². The Morgan fingerprint density at radius 3 is 2.67 bits per heavy atom. The van der Waals surface area contributed by atoms with Crippen LogP contribution in [0.15, 0.2) is 24.3 Å². The van der Waals surface area contributed by atoms with Crippen LogP contribution in [-0.4, -0.2) is 41.4 Å². The highest BCUT2D eigenvalue weighted by atomic mass is 16.5. The van der Waals surface area contributed by atoms with Gasteiger partial charge in [-0.25, -0.2) is 4.79 Å². The van der Waals surface area contributed by atoms with Crippen LogP contribution in [-0.2, 0) is 11.3 Å². The van der Waals surface area contributed by atoms with Crippen LogP contribution in [0.25, 0.3) is 0 Å². The molecule has 1 N–H and O–H groups in total. The van der Waals surface area contributed by atoms with Crippen LogP contribution in [0.5, 0.6) is 5.75 Å². The number of piperidine rings is 1. The molecular weight excluding hydrogens is 270 g/mol. The van der Waals surface area contributed by atoms with Crippen LogP contribution >= 0.6 is 0 Å². The van der Waals surface area contributed by atoms with Gasteiger partial charge in [-0.15, -0.1) is 0 Å². The molecule has 2 fully saturated rings. The van der Waals surface area contributed by atoms with E-state index in [1.807, 2.05) is 24.3 Å². The second-order valence-corrected chi connectivity index (χ2v) is 5.87. The Morgan fingerprint density at radius 1 is 1.33 bits per heavy atom. The van der Waals surface area contributed by atoms with E-state index < -0.39 is 6.09 Å². The van der Waals surface area contributed by atoms with Crippen molar-refractivity contribution in [2.45, 2.75) is 50.5 Å². The molecule has 0 saturated carbocycles. The van der Waals surface area contributed by atoms with Crippen molar-refractivity contribution in [3.8, 4) is 5.75 Å². The van der Waals surface area contributed by atoms with Crippen LogP contribution in [0.3, 0.4) is 0 Å². The van der Waals surface area contributed by atoms with Crippen molar-refractivity contribution in [3.63, 3.8) is 0 Å².